The van der Waals surface area contributed by atoms with Gasteiger partial charge >= 0.3 is 0 Å². The molecule has 7 heteroatoms. The van der Waals surface area contributed by atoms with Gasteiger partial charge in [0.05, 0.1) is 40.8 Å². The molecule has 0 saturated heterocycles. The number of hydrogen-bond acceptors (Lipinski definition) is 5. The monoisotopic (exact) mass is 413 g/mol. The third-order valence-corrected chi connectivity index (χ3v) is 6.30. The fraction of sp³-hybridized carbons (Fsp3) is 0.455. The number of aromatic amines is 1. The summed E-state index contributed by atoms with van der Waals surface area (Å²) in [5.41, 5.74) is 5.47. The van der Waals surface area contributed by atoms with Crippen LogP contribution in [0, 0.1) is 6.92 Å². The van der Waals surface area contributed by atoms with Gasteiger partial charge in [0.2, 0.25) is 0 Å². The third-order valence-electron chi connectivity index (χ3n) is 5.47. The van der Waals surface area contributed by atoms with Crippen LogP contribution in [-0.4, -0.2) is 48.3 Å². The van der Waals surface area contributed by atoms with Crippen LogP contribution in [0.25, 0.3) is 21.3 Å². The van der Waals surface area contributed by atoms with Crippen LogP contribution in [0.2, 0.25) is 0 Å². The minimum atomic E-state index is -0.0213. The van der Waals surface area contributed by atoms with Gasteiger partial charge in [0.25, 0.3) is 5.91 Å². The second kappa shape index (κ2) is 9.07. The van der Waals surface area contributed by atoms with E-state index < -0.39 is 0 Å². The van der Waals surface area contributed by atoms with E-state index in [2.05, 4.69) is 27.4 Å². The zero-order valence-electron chi connectivity index (χ0n) is 16.9. The lowest BCUT2D eigenvalue weighted by atomic mass is 9.92. The zero-order chi connectivity index (χ0) is 20.2. The van der Waals surface area contributed by atoms with Gasteiger partial charge in [-0.3, -0.25) is 9.78 Å². The predicted octanol–water partition coefficient (Wildman–Crippen LogP) is 4.30. The van der Waals surface area contributed by atoms with E-state index in [-0.39, 0.29) is 18.1 Å². The van der Waals surface area contributed by atoms with Gasteiger partial charge in [-0.2, -0.15) is 0 Å². The summed E-state index contributed by atoms with van der Waals surface area (Å²) in [6.07, 6.45) is 5.91. The van der Waals surface area contributed by atoms with Crippen molar-refractivity contribution in [3.63, 3.8) is 0 Å². The number of benzene rings is 1. The largest absolute Gasteiger partial charge is 0.382 e. The zero-order valence-corrected chi connectivity index (χ0v) is 17.7. The molecular weight excluding hydrogens is 386 g/mol. The Morgan fingerprint density at radius 1 is 1.24 bits per heavy atom. The average Bonchev–Trinajstić information content (AvgIpc) is 3.37. The van der Waals surface area contributed by atoms with Gasteiger partial charge < -0.3 is 19.8 Å². The molecule has 4 rings (SSSR count). The Balaban J connectivity index is 1.47. The van der Waals surface area contributed by atoms with E-state index in [9.17, 15) is 4.79 Å². The van der Waals surface area contributed by atoms with Gasteiger partial charge in [-0.25, -0.2) is 0 Å². The Morgan fingerprint density at radius 2 is 2.07 bits per heavy atom. The number of ether oxygens (including phenoxy) is 2. The van der Waals surface area contributed by atoms with E-state index in [0.29, 0.717) is 18.8 Å². The molecule has 6 nitrogen and oxygen atoms in total. The van der Waals surface area contributed by atoms with Crippen molar-refractivity contribution in [1.29, 1.82) is 0 Å². The summed E-state index contributed by atoms with van der Waals surface area (Å²) in [7, 11) is 1.68. The van der Waals surface area contributed by atoms with E-state index in [0.717, 1.165) is 52.7 Å². The number of thiazole rings is 1. The van der Waals surface area contributed by atoms with E-state index in [1.807, 2.05) is 24.7 Å². The highest BCUT2D eigenvalue weighted by atomic mass is 32.1. The van der Waals surface area contributed by atoms with Gasteiger partial charge in [0, 0.05) is 30.4 Å². The fourth-order valence-electron chi connectivity index (χ4n) is 4.00. The Morgan fingerprint density at radius 3 is 2.79 bits per heavy atom. The number of aromatic nitrogens is 2. The molecule has 2 N–H and O–H groups in total. The lowest BCUT2D eigenvalue weighted by Crippen LogP contribution is -2.39. The Kier molecular flexibility index (Phi) is 6.28. The number of amides is 1. The standard InChI is InChI=1S/C22H27N3O3S/c1-14-9-16-10-15(20-12-23-13-29-20)11-19(21(16)24-14)22(26)25-17-3-5-18(6-4-17)28-8-7-27-2/h9-13,17-18,24H,3-8H2,1-2H3,(H,25,26). The van der Waals surface area contributed by atoms with E-state index >= 15 is 0 Å². The first kappa shape index (κ1) is 20.1. The quantitative estimate of drug-likeness (QED) is 0.566. The number of nitrogens with one attached hydrogen (secondary N) is 2. The fourth-order valence-corrected chi connectivity index (χ4v) is 4.61. The summed E-state index contributed by atoms with van der Waals surface area (Å²) >= 11 is 1.58. The number of carbonyl (C=O) groups excluding carboxylic acids is 1. The summed E-state index contributed by atoms with van der Waals surface area (Å²) < 4.78 is 10.9. The summed E-state index contributed by atoms with van der Waals surface area (Å²) in [4.78, 5) is 21.7. The molecular formula is C22H27N3O3S. The molecule has 154 valence electrons. The Bertz CT molecular complexity index is 959. The smallest absolute Gasteiger partial charge is 0.253 e. The highest BCUT2D eigenvalue weighted by Crippen LogP contribution is 2.30. The van der Waals surface area contributed by atoms with Crippen LogP contribution >= 0.6 is 11.3 Å². The Labute approximate surface area is 174 Å². The van der Waals surface area contributed by atoms with Crippen molar-refractivity contribution >= 4 is 28.1 Å². The number of fused-ring (bicyclic) bond motifs is 1. The molecule has 1 aliphatic rings. The molecule has 29 heavy (non-hydrogen) atoms. The van der Waals surface area contributed by atoms with Crippen LogP contribution in [0.3, 0.4) is 0 Å². The van der Waals surface area contributed by atoms with Crippen LogP contribution in [-0.2, 0) is 9.47 Å². The summed E-state index contributed by atoms with van der Waals surface area (Å²) in [5, 5.41) is 4.30. The highest BCUT2D eigenvalue weighted by Gasteiger charge is 2.24. The van der Waals surface area contributed by atoms with E-state index in [1.54, 1.807) is 18.4 Å². The van der Waals surface area contributed by atoms with Crippen molar-refractivity contribution in [3.8, 4) is 10.4 Å². The molecule has 2 heterocycles. The van der Waals surface area contributed by atoms with Crippen molar-refractivity contribution in [3.05, 3.63) is 41.2 Å². The molecule has 3 aromatic rings. The number of aryl methyl sites for hydroxylation is 1. The normalized spacial score (nSPS) is 19.5. The van der Waals surface area contributed by atoms with Crippen molar-refractivity contribution in [2.45, 2.75) is 44.8 Å². The molecule has 0 aliphatic heterocycles. The number of nitrogens with zero attached hydrogens (tertiary/aromatic N) is 1. The molecule has 0 atom stereocenters. The van der Waals surface area contributed by atoms with Crippen LogP contribution in [0.15, 0.2) is 29.9 Å². The predicted molar refractivity (Wildman–Crippen MR) is 115 cm³/mol. The first-order valence-electron chi connectivity index (χ1n) is 10.1. The number of hydrogen-bond donors (Lipinski definition) is 2. The second-order valence-corrected chi connectivity index (χ2v) is 8.50. The molecule has 1 fully saturated rings. The maximum Gasteiger partial charge on any atom is 0.253 e. The van der Waals surface area contributed by atoms with E-state index in [4.69, 9.17) is 9.47 Å². The number of H-pyrrole nitrogens is 1. The van der Waals surface area contributed by atoms with Gasteiger partial charge in [0.1, 0.15) is 0 Å². The van der Waals surface area contributed by atoms with Crippen LogP contribution in [0.4, 0.5) is 0 Å². The van der Waals surface area contributed by atoms with Crippen molar-refractivity contribution in [2.24, 2.45) is 0 Å². The summed E-state index contributed by atoms with van der Waals surface area (Å²) in [6, 6.07) is 6.36. The molecule has 0 radical (unpaired) electrons. The molecule has 1 amide bonds. The molecule has 1 saturated carbocycles. The van der Waals surface area contributed by atoms with Gasteiger partial charge in [-0.15, -0.1) is 11.3 Å². The third kappa shape index (κ3) is 4.69. The van der Waals surface area contributed by atoms with Crippen LogP contribution < -0.4 is 5.32 Å². The average molecular weight is 414 g/mol. The lowest BCUT2D eigenvalue weighted by Gasteiger charge is -2.29. The van der Waals surface area contributed by atoms with Crippen molar-refractivity contribution in [2.75, 3.05) is 20.3 Å². The molecule has 0 spiro atoms. The number of methoxy groups -OCH3 is 1. The topological polar surface area (TPSA) is 76.2 Å². The van der Waals surface area contributed by atoms with Crippen LogP contribution in [0.1, 0.15) is 41.7 Å². The van der Waals surface area contributed by atoms with Gasteiger partial charge in [-0.1, -0.05) is 0 Å². The van der Waals surface area contributed by atoms with Gasteiger partial charge in [-0.05, 0) is 56.4 Å². The SMILES string of the molecule is COCCOC1CCC(NC(=O)c2cc(-c3cncs3)cc3cc(C)[nH]c23)CC1. The minimum absolute atomic E-state index is 0.0213. The molecule has 1 aliphatic carbocycles. The first-order valence-corrected chi connectivity index (χ1v) is 11.0. The molecule has 2 aromatic heterocycles. The van der Waals surface area contributed by atoms with Crippen molar-refractivity contribution in [1.82, 2.24) is 15.3 Å². The summed E-state index contributed by atoms with van der Waals surface area (Å²) in [5.74, 6) is -0.0213. The van der Waals surface area contributed by atoms with Gasteiger partial charge in [0.15, 0.2) is 0 Å². The number of carbonyl (C=O) groups is 1. The van der Waals surface area contributed by atoms with Crippen molar-refractivity contribution < 1.29 is 14.3 Å². The molecule has 0 unspecified atom stereocenters. The van der Waals surface area contributed by atoms with Crippen LogP contribution in [0.5, 0.6) is 0 Å². The Hall–Kier alpha value is -2.22. The molecule has 0 bridgehead atoms. The first-order chi connectivity index (χ1) is 14.1. The maximum atomic E-state index is 13.2. The number of rotatable bonds is 7. The molecule has 1 aromatic carbocycles. The lowest BCUT2D eigenvalue weighted by molar-refractivity contribution is -0.00408. The maximum absolute atomic E-state index is 13.2. The second-order valence-electron chi connectivity index (χ2n) is 7.62. The minimum Gasteiger partial charge on any atom is -0.382 e. The summed E-state index contributed by atoms with van der Waals surface area (Å²) in [6.45, 7) is 3.27. The van der Waals surface area contributed by atoms with E-state index in [1.165, 1.54) is 0 Å². The highest BCUT2D eigenvalue weighted by molar-refractivity contribution is 7.13.